The number of hydrogen-bond acceptors (Lipinski definition) is 9. The number of aromatic nitrogens is 2. The first-order chi connectivity index (χ1) is 16.6. The molecule has 0 radical (unpaired) electrons. The fourth-order valence-corrected chi connectivity index (χ4v) is 2.56. The molecule has 0 saturated heterocycles. The van der Waals surface area contributed by atoms with Crippen LogP contribution in [0.25, 0.3) is 11.0 Å². The largest absolute Gasteiger partial charge is 0.486 e. The minimum atomic E-state index is -0.913. The molecule has 0 fully saturated rings. The topological polar surface area (TPSA) is 150 Å². The summed E-state index contributed by atoms with van der Waals surface area (Å²) in [6, 6.07) is 6.01. The van der Waals surface area contributed by atoms with Crippen LogP contribution in [0.2, 0.25) is 5.02 Å². The second-order valence-corrected chi connectivity index (χ2v) is 8.34. The van der Waals surface area contributed by atoms with Gasteiger partial charge in [-0.3, -0.25) is 9.78 Å². The smallest absolute Gasteiger partial charge is 0.303 e. The number of aryl methyl sites for hydroxylation is 1. The monoisotopic (exact) mass is 511 g/mol. The lowest BCUT2D eigenvalue weighted by molar-refractivity contribution is -0.136. The van der Waals surface area contributed by atoms with Crippen molar-refractivity contribution in [2.24, 2.45) is 5.73 Å². The van der Waals surface area contributed by atoms with E-state index in [1.165, 1.54) is 24.7 Å². The van der Waals surface area contributed by atoms with E-state index in [0.717, 1.165) is 6.20 Å². The first-order valence-electron chi connectivity index (χ1n) is 10.4. The molecule has 3 heterocycles. The third-order valence-corrected chi connectivity index (χ3v) is 4.43. The quantitative estimate of drug-likeness (QED) is 0.427. The molecule has 0 atom stereocenters. The van der Waals surface area contributed by atoms with Crippen LogP contribution in [0.4, 0.5) is 4.39 Å². The van der Waals surface area contributed by atoms with Crippen LogP contribution in [-0.4, -0.2) is 45.3 Å². The zero-order valence-corrected chi connectivity index (χ0v) is 20.0. The molecule has 1 aliphatic heterocycles. The van der Waals surface area contributed by atoms with Gasteiger partial charge in [-0.1, -0.05) is 16.8 Å². The summed E-state index contributed by atoms with van der Waals surface area (Å²) >= 11 is 6.20. The summed E-state index contributed by atoms with van der Waals surface area (Å²) in [4.78, 5) is 14.6. The van der Waals surface area contributed by atoms with Gasteiger partial charge >= 0.3 is 5.97 Å². The number of halogens is 2. The molecule has 0 bridgehead atoms. The van der Waals surface area contributed by atoms with Gasteiger partial charge in [0.2, 0.25) is 6.79 Å². The number of nitrogens with two attached hydrogens (primary N) is 1. The number of aliphatic hydroxyl groups excluding tert-OH is 1. The van der Waals surface area contributed by atoms with Gasteiger partial charge in [-0.2, -0.15) is 0 Å². The van der Waals surface area contributed by atoms with Gasteiger partial charge in [-0.25, -0.2) is 4.39 Å². The number of carbonyl (C=O) groups is 1. The molecule has 0 spiro atoms. The summed E-state index contributed by atoms with van der Waals surface area (Å²) in [5, 5.41) is 21.9. The number of aliphatic carboxylic acids is 1. The molecule has 4 rings (SSSR count). The van der Waals surface area contributed by atoms with Crippen molar-refractivity contribution in [3.05, 3.63) is 65.2 Å². The van der Waals surface area contributed by atoms with E-state index < -0.39 is 17.3 Å². The maximum Gasteiger partial charge on any atom is 0.303 e. The van der Waals surface area contributed by atoms with Gasteiger partial charge < -0.3 is 34.7 Å². The van der Waals surface area contributed by atoms with Crippen LogP contribution >= 0.6 is 11.6 Å². The molecule has 2 aromatic heterocycles. The molecule has 0 saturated carbocycles. The van der Waals surface area contributed by atoms with Gasteiger partial charge in [0, 0.05) is 23.4 Å². The second-order valence-electron chi connectivity index (χ2n) is 7.93. The Bertz CT molecular complexity index is 1110. The number of ether oxygens (including phenoxy) is 3. The highest BCUT2D eigenvalue weighted by atomic mass is 35.5. The summed E-state index contributed by atoms with van der Waals surface area (Å²) in [6.45, 7) is 4.10. The van der Waals surface area contributed by atoms with Crippen LogP contribution in [0.15, 0.2) is 47.5 Å². The third kappa shape index (κ3) is 10.2. The lowest BCUT2D eigenvalue weighted by Crippen LogP contribution is -2.35. The van der Waals surface area contributed by atoms with Crippen molar-refractivity contribution < 1.29 is 38.1 Å². The standard InChI is InChI=1S/C16H12ClFN2O4.C4H11NO.C3H4O2/c17-12-5-11-13(3-4-16(21)22)20-24-14(11)6-15(12)23-8-10-2-1-9(18)7-19-10;1-4(2,5)3-6;1-2-5-3-4-1/h1-2,5-7H,3-4,8H2,(H,21,22);6H,3,5H2,1-2H3;1-2H,3H2. The zero-order chi connectivity index (χ0) is 25.8. The molecule has 3 aromatic rings. The lowest BCUT2D eigenvalue weighted by atomic mass is 10.1. The van der Waals surface area contributed by atoms with Crippen LogP contribution in [0.5, 0.6) is 5.75 Å². The van der Waals surface area contributed by atoms with E-state index in [1.807, 2.05) is 0 Å². The van der Waals surface area contributed by atoms with E-state index in [2.05, 4.69) is 19.6 Å². The molecule has 12 heteroatoms. The molecular formula is C23H27ClFN3O7. The molecule has 10 nitrogen and oxygen atoms in total. The average molecular weight is 512 g/mol. The van der Waals surface area contributed by atoms with Crippen LogP contribution in [-0.2, 0) is 27.3 Å². The Kier molecular flexibility index (Phi) is 10.7. The molecule has 0 unspecified atom stereocenters. The predicted octanol–water partition coefficient (Wildman–Crippen LogP) is 3.79. The Labute approximate surface area is 206 Å². The summed E-state index contributed by atoms with van der Waals surface area (Å²) in [6.07, 6.45) is 4.33. The Morgan fingerprint density at radius 3 is 2.49 bits per heavy atom. The summed E-state index contributed by atoms with van der Waals surface area (Å²) in [7, 11) is 0. The van der Waals surface area contributed by atoms with Gasteiger partial charge in [-0.15, -0.1) is 0 Å². The van der Waals surface area contributed by atoms with Gasteiger partial charge in [0.05, 0.1) is 35.6 Å². The highest BCUT2D eigenvalue weighted by Crippen LogP contribution is 2.32. The van der Waals surface area contributed by atoms with Crippen molar-refractivity contribution in [3.8, 4) is 5.75 Å². The fraction of sp³-hybridized carbons (Fsp3) is 0.348. The van der Waals surface area contributed by atoms with Crippen LogP contribution in [0.1, 0.15) is 31.7 Å². The summed E-state index contributed by atoms with van der Waals surface area (Å²) in [5.74, 6) is -0.964. The van der Waals surface area contributed by atoms with Crippen LogP contribution in [0.3, 0.4) is 0 Å². The molecular weight excluding hydrogens is 485 g/mol. The number of rotatable bonds is 7. The van der Waals surface area contributed by atoms with Crippen molar-refractivity contribution >= 4 is 28.5 Å². The van der Waals surface area contributed by atoms with Crippen molar-refractivity contribution in [2.45, 2.75) is 38.8 Å². The molecule has 0 aliphatic carbocycles. The SMILES string of the molecule is C1=COCO1.CC(C)(N)CO.O=C(O)CCc1noc2cc(OCc3ccc(F)cn3)c(Cl)cc12. The molecule has 1 aliphatic rings. The summed E-state index contributed by atoms with van der Waals surface area (Å²) < 4.78 is 32.7. The Morgan fingerprint density at radius 2 is 1.97 bits per heavy atom. The lowest BCUT2D eigenvalue weighted by Gasteiger charge is -2.12. The van der Waals surface area contributed by atoms with Crippen molar-refractivity contribution in [3.63, 3.8) is 0 Å². The third-order valence-electron chi connectivity index (χ3n) is 4.13. The number of carboxylic acids is 1. The highest BCUT2D eigenvalue weighted by Gasteiger charge is 2.14. The molecule has 0 amide bonds. The number of nitrogens with zero attached hydrogens (tertiary/aromatic N) is 2. The summed E-state index contributed by atoms with van der Waals surface area (Å²) in [5.41, 5.74) is 6.41. The predicted molar refractivity (Wildman–Crippen MR) is 125 cm³/mol. The van der Waals surface area contributed by atoms with Gasteiger partial charge in [0.15, 0.2) is 5.58 Å². The number of benzene rings is 1. The first kappa shape index (κ1) is 27.8. The molecule has 190 valence electrons. The number of carboxylic acid groups (broad SMARTS) is 1. The van der Waals surface area contributed by atoms with E-state index in [1.54, 1.807) is 26.0 Å². The number of pyridine rings is 1. The van der Waals surface area contributed by atoms with Gasteiger partial charge in [0.25, 0.3) is 0 Å². The van der Waals surface area contributed by atoms with Crippen LogP contribution < -0.4 is 10.5 Å². The number of fused-ring (bicyclic) bond motifs is 1. The van der Waals surface area contributed by atoms with Gasteiger partial charge in [-0.05, 0) is 32.0 Å². The van der Waals surface area contributed by atoms with E-state index >= 15 is 0 Å². The van der Waals surface area contributed by atoms with E-state index in [0.29, 0.717) is 39.9 Å². The van der Waals surface area contributed by atoms with E-state index in [4.69, 9.17) is 36.8 Å². The average Bonchev–Trinajstić information content (AvgIpc) is 3.51. The maximum absolute atomic E-state index is 12.8. The van der Waals surface area contributed by atoms with Crippen molar-refractivity contribution in [1.82, 2.24) is 10.1 Å². The molecule has 4 N–H and O–H groups in total. The molecule has 35 heavy (non-hydrogen) atoms. The normalized spacial score (nSPS) is 12.1. The number of aliphatic hydroxyl groups is 1. The Balaban J connectivity index is 0.000000324. The fourth-order valence-electron chi connectivity index (χ4n) is 2.35. The Hall–Kier alpha value is -3.41. The minimum Gasteiger partial charge on any atom is -0.486 e. The minimum absolute atomic E-state index is 0.0479. The van der Waals surface area contributed by atoms with Crippen molar-refractivity contribution in [1.29, 1.82) is 0 Å². The maximum atomic E-state index is 12.8. The zero-order valence-electron chi connectivity index (χ0n) is 19.2. The van der Waals surface area contributed by atoms with Crippen LogP contribution in [0, 0.1) is 5.82 Å². The van der Waals surface area contributed by atoms with Crippen molar-refractivity contribution in [2.75, 3.05) is 13.4 Å². The Morgan fingerprint density at radius 1 is 1.29 bits per heavy atom. The molecule has 1 aromatic carbocycles. The van der Waals surface area contributed by atoms with E-state index in [9.17, 15) is 9.18 Å². The van der Waals surface area contributed by atoms with Gasteiger partial charge in [0.1, 0.15) is 30.7 Å². The highest BCUT2D eigenvalue weighted by molar-refractivity contribution is 6.32. The number of hydrogen-bond donors (Lipinski definition) is 3. The first-order valence-corrected chi connectivity index (χ1v) is 10.8. The van der Waals surface area contributed by atoms with E-state index in [-0.39, 0.29) is 26.1 Å². The second kappa shape index (κ2) is 13.5.